The maximum atomic E-state index is 5.41. The molecule has 2 rings (SSSR count). The van der Waals surface area contributed by atoms with Crippen molar-refractivity contribution in [2.24, 2.45) is 5.73 Å². The van der Waals surface area contributed by atoms with Gasteiger partial charge in [0.25, 0.3) is 5.88 Å². The average molecular weight is 166 g/mol. The van der Waals surface area contributed by atoms with E-state index in [-0.39, 0.29) is 6.79 Å². The van der Waals surface area contributed by atoms with Crippen LogP contribution in [0.25, 0.3) is 0 Å². The molecular weight excluding hydrogens is 156 g/mol. The summed E-state index contributed by atoms with van der Waals surface area (Å²) in [5, 5.41) is 0. The lowest BCUT2D eigenvalue weighted by Crippen LogP contribution is -2.02. The standard InChI is InChI=1S/C8H10N2O2/c9-2-1-6-3-7-8(10-4-6)12-5-11-7/h3-4H,1-2,5,9H2. The molecule has 0 fully saturated rings. The Morgan fingerprint density at radius 3 is 3.25 bits per heavy atom. The number of hydrogen-bond acceptors (Lipinski definition) is 4. The van der Waals surface area contributed by atoms with E-state index in [1.54, 1.807) is 6.20 Å². The molecule has 1 aliphatic rings. The van der Waals surface area contributed by atoms with E-state index < -0.39 is 0 Å². The van der Waals surface area contributed by atoms with Gasteiger partial charge in [-0.1, -0.05) is 0 Å². The molecule has 0 aromatic carbocycles. The number of aromatic nitrogens is 1. The highest BCUT2D eigenvalue weighted by Gasteiger charge is 2.14. The second-order valence-corrected chi connectivity index (χ2v) is 2.59. The van der Waals surface area contributed by atoms with Crippen LogP contribution in [0.15, 0.2) is 12.3 Å². The van der Waals surface area contributed by atoms with Crippen molar-refractivity contribution in [2.45, 2.75) is 6.42 Å². The van der Waals surface area contributed by atoms with Crippen molar-refractivity contribution >= 4 is 0 Å². The average Bonchev–Trinajstić information content (AvgIpc) is 2.51. The topological polar surface area (TPSA) is 57.4 Å². The van der Waals surface area contributed by atoms with Crippen LogP contribution in [0.2, 0.25) is 0 Å². The van der Waals surface area contributed by atoms with Crippen LogP contribution in [0.5, 0.6) is 11.6 Å². The van der Waals surface area contributed by atoms with Crippen molar-refractivity contribution in [1.82, 2.24) is 4.98 Å². The summed E-state index contributed by atoms with van der Waals surface area (Å²) in [5.74, 6) is 1.30. The third kappa shape index (κ3) is 1.21. The van der Waals surface area contributed by atoms with Crippen LogP contribution in [0.4, 0.5) is 0 Å². The molecule has 4 nitrogen and oxygen atoms in total. The van der Waals surface area contributed by atoms with Crippen LogP contribution >= 0.6 is 0 Å². The fraction of sp³-hybridized carbons (Fsp3) is 0.375. The zero-order chi connectivity index (χ0) is 8.39. The van der Waals surface area contributed by atoms with Gasteiger partial charge in [0.2, 0.25) is 6.79 Å². The Hall–Kier alpha value is -1.29. The van der Waals surface area contributed by atoms with E-state index in [1.165, 1.54) is 0 Å². The molecule has 0 bridgehead atoms. The molecule has 0 saturated carbocycles. The largest absolute Gasteiger partial charge is 0.452 e. The molecule has 0 amide bonds. The second kappa shape index (κ2) is 2.98. The normalized spacial score (nSPS) is 13.4. The zero-order valence-corrected chi connectivity index (χ0v) is 6.62. The van der Waals surface area contributed by atoms with Crippen LogP contribution in [-0.2, 0) is 6.42 Å². The third-order valence-electron chi connectivity index (χ3n) is 1.72. The van der Waals surface area contributed by atoms with Gasteiger partial charge in [0.05, 0.1) is 0 Å². The Morgan fingerprint density at radius 2 is 2.42 bits per heavy atom. The fourth-order valence-electron chi connectivity index (χ4n) is 1.14. The molecule has 0 atom stereocenters. The number of nitrogens with two attached hydrogens (primary N) is 1. The first-order valence-corrected chi connectivity index (χ1v) is 3.85. The van der Waals surface area contributed by atoms with Gasteiger partial charge in [-0.05, 0) is 24.6 Å². The van der Waals surface area contributed by atoms with Gasteiger partial charge in [0.15, 0.2) is 5.75 Å². The first-order chi connectivity index (χ1) is 5.90. The van der Waals surface area contributed by atoms with Crippen molar-refractivity contribution in [3.05, 3.63) is 17.8 Å². The van der Waals surface area contributed by atoms with Gasteiger partial charge in [0.1, 0.15) is 0 Å². The first kappa shape index (κ1) is 7.36. The smallest absolute Gasteiger partial charge is 0.260 e. The number of ether oxygens (including phenoxy) is 2. The Kier molecular flexibility index (Phi) is 1.83. The zero-order valence-electron chi connectivity index (χ0n) is 6.62. The predicted molar refractivity (Wildman–Crippen MR) is 43.1 cm³/mol. The molecular formula is C8H10N2O2. The number of nitrogens with zero attached hydrogens (tertiary/aromatic N) is 1. The van der Waals surface area contributed by atoms with E-state index in [1.807, 2.05) is 6.07 Å². The van der Waals surface area contributed by atoms with Crippen LogP contribution < -0.4 is 15.2 Å². The van der Waals surface area contributed by atoms with Crippen LogP contribution in [0.3, 0.4) is 0 Å². The number of pyridine rings is 1. The van der Waals surface area contributed by atoms with Crippen molar-refractivity contribution in [1.29, 1.82) is 0 Å². The lowest BCUT2D eigenvalue weighted by molar-refractivity contribution is 0.171. The third-order valence-corrected chi connectivity index (χ3v) is 1.72. The molecule has 1 aliphatic heterocycles. The van der Waals surface area contributed by atoms with Gasteiger partial charge in [-0.15, -0.1) is 0 Å². The van der Waals surface area contributed by atoms with E-state index in [4.69, 9.17) is 15.2 Å². The SMILES string of the molecule is NCCc1cnc2c(c1)OCO2. The van der Waals surface area contributed by atoms with Gasteiger partial charge in [-0.3, -0.25) is 0 Å². The molecule has 2 heterocycles. The fourth-order valence-corrected chi connectivity index (χ4v) is 1.14. The molecule has 0 aliphatic carbocycles. The Labute approximate surface area is 70.3 Å². The van der Waals surface area contributed by atoms with Gasteiger partial charge in [-0.25, -0.2) is 4.98 Å². The Balaban J connectivity index is 2.26. The molecule has 2 N–H and O–H groups in total. The molecule has 1 aromatic heterocycles. The molecule has 0 spiro atoms. The minimum atomic E-state index is 0.272. The Morgan fingerprint density at radius 1 is 1.50 bits per heavy atom. The predicted octanol–water partition coefficient (Wildman–Crippen LogP) is 0.311. The van der Waals surface area contributed by atoms with Crippen molar-refractivity contribution in [3.8, 4) is 11.6 Å². The minimum Gasteiger partial charge on any atom is -0.452 e. The molecule has 64 valence electrons. The summed E-state index contributed by atoms with van der Waals surface area (Å²) in [4.78, 5) is 4.08. The van der Waals surface area contributed by atoms with Gasteiger partial charge in [-0.2, -0.15) is 0 Å². The van der Waals surface area contributed by atoms with Crippen LogP contribution in [0, 0.1) is 0 Å². The first-order valence-electron chi connectivity index (χ1n) is 3.85. The van der Waals surface area contributed by atoms with E-state index >= 15 is 0 Å². The summed E-state index contributed by atoms with van der Waals surface area (Å²) in [6.45, 7) is 0.899. The molecule has 0 unspecified atom stereocenters. The van der Waals surface area contributed by atoms with Crippen LogP contribution in [-0.4, -0.2) is 18.3 Å². The highest BCUT2D eigenvalue weighted by atomic mass is 16.7. The summed E-state index contributed by atoms with van der Waals surface area (Å²) in [6.07, 6.45) is 2.59. The van der Waals surface area contributed by atoms with Crippen LogP contribution in [0.1, 0.15) is 5.56 Å². The maximum Gasteiger partial charge on any atom is 0.260 e. The van der Waals surface area contributed by atoms with Crippen molar-refractivity contribution < 1.29 is 9.47 Å². The van der Waals surface area contributed by atoms with E-state index in [0.717, 1.165) is 17.7 Å². The number of rotatable bonds is 2. The lowest BCUT2D eigenvalue weighted by Gasteiger charge is -1.98. The molecule has 4 heteroatoms. The van der Waals surface area contributed by atoms with E-state index in [9.17, 15) is 0 Å². The quantitative estimate of drug-likeness (QED) is 0.687. The maximum absolute atomic E-state index is 5.41. The monoisotopic (exact) mass is 166 g/mol. The molecule has 0 saturated heterocycles. The number of fused-ring (bicyclic) bond motifs is 1. The molecule has 0 radical (unpaired) electrons. The summed E-state index contributed by atoms with van der Waals surface area (Å²) < 4.78 is 10.2. The second-order valence-electron chi connectivity index (χ2n) is 2.59. The Bertz CT molecular complexity index is 288. The summed E-state index contributed by atoms with van der Waals surface area (Å²) >= 11 is 0. The van der Waals surface area contributed by atoms with Crippen molar-refractivity contribution in [2.75, 3.05) is 13.3 Å². The van der Waals surface area contributed by atoms with Gasteiger partial charge >= 0.3 is 0 Å². The lowest BCUT2D eigenvalue weighted by atomic mass is 10.2. The molecule has 1 aromatic rings. The highest BCUT2D eigenvalue weighted by Crippen LogP contribution is 2.29. The summed E-state index contributed by atoms with van der Waals surface area (Å²) in [7, 11) is 0. The summed E-state index contributed by atoms with van der Waals surface area (Å²) in [5.41, 5.74) is 6.49. The number of hydrogen-bond donors (Lipinski definition) is 1. The van der Waals surface area contributed by atoms with E-state index in [0.29, 0.717) is 12.4 Å². The highest BCUT2D eigenvalue weighted by molar-refractivity contribution is 5.38. The van der Waals surface area contributed by atoms with E-state index in [2.05, 4.69) is 4.98 Å². The molecule has 12 heavy (non-hydrogen) atoms. The minimum absolute atomic E-state index is 0.272. The van der Waals surface area contributed by atoms with Gasteiger partial charge in [0, 0.05) is 6.20 Å². The summed E-state index contributed by atoms with van der Waals surface area (Å²) in [6, 6.07) is 1.92. The van der Waals surface area contributed by atoms with Gasteiger partial charge < -0.3 is 15.2 Å². The van der Waals surface area contributed by atoms with Crippen molar-refractivity contribution in [3.63, 3.8) is 0 Å².